The molecule has 0 radical (unpaired) electrons. The van der Waals surface area contributed by atoms with E-state index in [0.717, 1.165) is 26.0 Å². The molecule has 3 aromatic rings. The SMILES string of the molecule is CCC(CC)Nc1c([N+](=O)[O-])cc(C)c(C)c1[N+](=O)[O-].COC(=O)c1cc(Oc2ccc(Cl)cc2Cl)ccc1[N+](=O)[O-].O=C(O)CNCP(=O)(O)O. The Morgan fingerprint density at radius 1 is 0.923 bits per heavy atom. The van der Waals surface area contributed by atoms with Crippen LogP contribution in [0.2, 0.25) is 10.0 Å². The summed E-state index contributed by atoms with van der Waals surface area (Å²) in [6.07, 6.45) is 0.870. The van der Waals surface area contributed by atoms with Crippen LogP contribution in [0.1, 0.15) is 48.2 Å². The Labute approximate surface area is 306 Å². The molecular weight excluding hydrogens is 756 g/mol. The van der Waals surface area contributed by atoms with Gasteiger partial charge in [-0.05, 0) is 56.5 Å². The number of hydrogen-bond acceptors (Lipinski definition) is 13. The zero-order chi connectivity index (χ0) is 39.9. The number of nitrogens with zero attached hydrogens (tertiary/aromatic N) is 3. The Kier molecular flexibility index (Phi) is 18.1. The van der Waals surface area contributed by atoms with Crippen molar-refractivity contribution in [3.8, 4) is 11.5 Å². The normalized spacial score (nSPS) is 10.6. The van der Waals surface area contributed by atoms with Gasteiger partial charge >= 0.3 is 25.2 Å². The van der Waals surface area contributed by atoms with Crippen molar-refractivity contribution in [3.63, 3.8) is 0 Å². The summed E-state index contributed by atoms with van der Waals surface area (Å²) >= 11 is 11.8. The van der Waals surface area contributed by atoms with Gasteiger partial charge in [-0.15, -0.1) is 0 Å². The standard InChI is InChI=1S/C14H9Cl2NO5.C13H19N3O4.C3H8NO5P/c1-21-14(18)10-7-9(3-4-12(10)17(19)20)22-13-5-2-8(15)6-11(13)16;1-5-10(6-2)14-12-11(15(17)18)7-8(3)9(4)13(12)16(19)20;5-3(6)1-4-2-10(7,8)9/h2-7H,1H3;7,10,14H,5-6H2,1-4H3;4H,1-2H2,(H,5,6)(H2,7,8,9). The van der Waals surface area contributed by atoms with Crippen molar-refractivity contribution in [2.75, 3.05) is 25.3 Å². The van der Waals surface area contributed by atoms with E-state index in [-0.39, 0.29) is 45.1 Å². The van der Waals surface area contributed by atoms with Crippen LogP contribution in [0.4, 0.5) is 22.7 Å². The van der Waals surface area contributed by atoms with E-state index < -0.39 is 47.1 Å². The smallest absolute Gasteiger partial charge is 0.345 e. The summed E-state index contributed by atoms with van der Waals surface area (Å²) in [6.45, 7) is 6.66. The minimum atomic E-state index is -4.10. The molecule has 0 aliphatic rings. The Bertz CT molecular complexity index is 1840. The van der Waals surface area contributed by atoms with Gasteiger partial charge in [0.1, 0.15) is 17.1 Å². The molecule has 0 aliphatic heterocycles. The summed E-state index contributed by atoms with van der Waals surface area (Å²) in [6, 6.07) is 9.70. The van der Waals surface area contributed by atoms with Crippen LogP contribution in [0.25, 0.3) is 0 Å². The molecule has 0 unspecified atom stereocenters. The Morgan fingerprint density at radius 3 is 1.98 bits per heavy atom. The number of carbonyl (C=O) groups is 2. The van der Waals surface area contributed by atoms with Gasteiger partial charge in [-0.2, -0.15) is 0 Å². The average molecular weight is 793 g/mol. The minimum absolute atomic E-state index is 0.0109. The van der Waals surface area contributed by atoms with Gasteiger partial charge in [0.05, 0.1) is 39.7 Å². The second-order valence-corrected chi connectivity index (χ2v) is 13.0. The van der Waals surface area contributed by atoms with Crippen LogP contribution in [-0.4, -0.2) is 67.6 Å². The fourth-order valence-electron chi connectivity index (χ4n) is 4.10. The number of aliphatic carboxylic acids is 1. The first-order chi connectivity index (χ1) is 24.2. The summed E-state index contributed by atoms with van der Waals surface area (Å²) in [4.78, 5) is 69.3. The van der Waals surface area contributed by atoms with Crippen molar-refractivity contribution in [1.29, 1.82) is 0 Å². The third-order valence-corrected chi connectivity index (χ3v) is 7.96. The van der Waals surface area contributed by atoms with Crippen molar-refractivity contribution in [3.05, 3.63) is 99.5 Å². The number of halogens is 2. The lowest BCUT2D eigenvalue weighted by Gasteiger charge is -2.17. The number of aryl methyl sites for hydroxylation is 1. The summed E-state index contributed by atoms with van der Waals surface area (Å²) in [7, 11) is -2.96. The van der Waals surface area contributed by atoms with Crippen molar-refractivity contribution in [2.45, 2.75) is 46.6 Å². The molecule has 0 heterocycles. The average Bonchev–Trinajstić information content (AvgIpc) is 3.05. The second kappa shape index (κ2) is 20.8. The highest BCUT2D eigenvalue weighted by Gasteiger charge is 2.30. The molecule has 22 heteroatoms. The van der Waals surface area contributed by atoms with Gasteiger partial charge in [0.25, 0.3) is 11.4 Å². The zero-order valence-corrected chi connectivity index (χ0v) is 30.7. The number of methoxy groups -OCH3 is 1. The maximum absolute atomic E-state index is 11.6. The number of esters is 1. The first-order valence-corrected chi connectivity index (χ1v) is 17.4. The van der Waals surface area contributed by atoms with Gasteiger partial charge < -0.3 is 29.7 Å². The molecule has 52 heavy (non-hydrogen) atoms. The van der Waals surface area contributed by atoms with Crippen LogP contribution in [-0.2, 0) is 14.1 Å². The number of benzene rings is 3. The van der Waals surface area contributed by atoms with Crippen LogP contribution in [0, 0.1) is 44.2 Å². The number of nitro benzene ring substituents is 3. The number of nitrogens with one attached hydrogen (secondary N) is 2. The van der Waals surface area contributed by atoms with Crippen molar-refractivity contribution in [1.82, 2.24) is 5.32 Å². The largest absolute Gasteiger partial charge is 0.480 e. The first kappa shape index (κ1) is 45.1. The van der Waals surface area contributed by atoms with E-state index in [1.54, 1.807) is 26.0 Å². The summed E-state index contributed by atoms with van der Waals surface area (Å²) in [5.41, 5.74) is -0.0313. The monoisotopic (exact) mass is 791 g/mol. The quantitative estimate of drug-likeness (QED) is 0.0475. The first-order valence-electron chi connectivity index (χ1n) is 14.8. The van der Waals surface area contributed by atoms with E-state index in [0.29, 0.717) is 21.9 Å². The van der Waals surface area contributed by atoms with Crippen LogP contribution in [0.15, 0.2) is 42.5 Å². The van der Waals surface area contributed by atoms with E-state index in [4.69, 9.17) is 42.8 Å². The maximum atomic E-state index is 11.6. The topological polar surface area (TPSA) is 284 Å². The second-order valence-electron chi connectivity index (χ2n) is 10.5. The molecule has 0 aromatic heterocycles. The molecule has 19 nitrogen and oxygen atoms in total. The molecule has 0 spiro atoms. The molecular formula is C30H36Cl2N5O14P. The predicted molar refractivity (Wildman–Crippen MR) is 191 cm³/mol. The third-order valence-electron chi connectivity index (χ3n) is 6.79. The molecule has 0 aliphatic carbocycles. The molecule has 0 fully saturated rings. The van der Waals surface area contributed by atoms with E-state index in [1.165, 1.54) is 24.3 Å². The molecule has 0 bridgehead atoms. The lowest BCUT2D eigenvalue weighted by atomic mass is 10.0. The van der Waals surface area contributed by atoms with Gasteiger partial charge in [-0.25, -0.2) is 4.79 Å². The van der Waals surface area contributed by atoms with Crippen LogP contribution >= 0.6 is 30.8 Å². The van der Waals surface area contributed by atoms with Gasteiger partial charge in [0.2, 0.25) is 0 Å². The third kappa shape index (κ3) is 14.4. The molecule has 0 atom stereocenters. The molecule has 0 saturated heterocycles. The molecule has 3 aromatic carbocycles. The summed E-state index contributed by atoms with van der Waals surface area (Å²) in [5.74, 6) is -1.47. The van der Waals surface area contributed by atoms with Gasteiger partial charge in [-0.3, -0.25) is 45.0 Å². The lowest BCUT2D eigenvalue weighted by Crippen LogP contribution is -2.23. The van der Waals surface area contributed by atoms with Gasteiger partial charge in [-0.1, -0.05) is 37.0 Å². The maximum Gasteiger partial charge on any atom is 0.345 e. The van der Waals surface area contributed by atoms with Crippen molar-refractivity contribution >= 4 is 65.5 Å². The fraction of sp³-hybridized carbons (Fsp3) is 0.333. The summed E-state index contributed by atoms with van der Waals surface area (Å²) in [5, 5.41) is 47.1. The van der Waals surface area contributed by atoms with Gasteiger partial charge in [0.15, 0.2) is 5.69 Å². The molecule has 0 amide bonds. The summed E-state index contributed by atoms with van der Waals surface area (Å²) < 4.78 is 20.1. The minimum Gasteiger partial charge on any atom is -0.480 e. The van der Waals surface area contributed by atoms with Crippen molar-refractivity contribution in [2.24, 2.45) is 0 Å². The van der Waals surface area contributed by atoms with E-state index >= 15 is 0 Å². The number of carboxylic acids is 1. The molecule has 0 saturated carbocycles. The molecule has 284 valence electrons. The number of ether oxygens (including phenoxy) is 2. The fourth-order valence-corrected chi connectivity index (χ4v) is 4.95. The Balaban J connectivity index is 0.000000418. The number of carbonyl (C=O) groups excluding carboxylic acids is 1. The lowest BCUT2D eigenvalue weighted by molar-refractivity contribution is -0.392. The molecule has 5 N–H and O–H groups in total. The predicted octanol–water partition coefficient (Wildman–Crippen LogP) is 7.00. The van der Waals surface area contributed by atoms with E-state index in [1.807, 2.05) is 13.8 Å². The molecule has 3 rings (SSSR count). The van der Waals surface area contributed by atoms with Crippen LogP contribution in [0.5, 0.6) is 11.5 Å². The van der Waals surface area contributed by atoms with E-state index in [9.17, 15) is 44.5 Å². The Hall–Kier alpha value is -4.91. The van der Waals surface area contributed by atoms with Crippen LogP contribution in [0.3, 0.4) is 0 Å². The van der Waals surface area contributed by atoms with E-state index in [2.05, 4.69) is 15.4 Å². The number of carboxylic acid groups (broad SMARTS) is 1. The van der Waals surface area contributed by atoms with Crippen LogP contribution < -0.4 is 15.4 Å². The van der Waals surface area contributed by atoms with Crippen molar-refractivity contribution < 1.29 is 53.3 Å². The number of rotatable bonds is 14. The van der Waals surface area contributed by atoms with Gasteiger partial charge in [0, 0.05) is 34.8 Å². The number of nitro groups is 3. The number of anilines is 1. The highest BCUT2D eigenvalue weighted by atomic mass is 35.5. The number of hydrogen-bond donors (Lipinski definition) is 5. The highest BCUT2D eigenvalue weighted by Crippen LogP contribution is 2.40. The zero-order valence-electron chi connectivity index (χ0n) is 28.3. The highest BCUT2D eigenvalue weighted by molar-refractivity contribution is 7.51. The Morgan fingerprint density at radius 2 is 1.52 bits per heavy atom.